The van der Waals surface area contributed by atoms with Gasteiger partial charge in [-0.15, -0.1) is 0 Å². The molecule has 4 heteroatoms. The van der Waals surface area contributed by atoms with E-state index in [1.807, 2.05) is 38.1 Å². The van der Waals surface area contributed by atoms with Crippen LogP contribution in [0.4, 0.5) is 0 Å². The maximum Gasteiger partial charge on any atom is 0.159 e. The predicted molar refractivity (Wildman–Crippen MR) is 77.3 cm³/mol. The molecule has 0 saturated carbocycles. The van der Waals surface area contributed by atoms with Crippen LogP contribution in [0, 0.1) is 0 Å². The largest absolute Gasteiger partial charge is 0.328 e. The van der Waals surface area contributed by atoms with Crippen molar-refractivity contribution >= 4 is 16.8 Å². The molecule has 0 fully saturated rings. The molecule has 2 aromatic rings. The Morgan fingerprint density at radius 1 is 1.37 bits per heavy atom. The molecule has 102 valence electrons. The fourth-order valence-corrected chi connectivity index (χ4v) is 2.12. The Morgan fingerprint density at radius 2 is 2.05 bits per heavy atom. The van der Waals surface area contributed by atoms with Gasteiger partial charge >= 0.3 is 0 Å². The van der Waals surface area contributed by atoms with Gasteiger partial charge < -0.3 is 9.88 Å². The number of carbonyl (C=O) groups is 1. The predicted octanol–water partition coefficient (Wildman–Crippen LogP) is 2.17. The minimum Gasteiger partial charge on any atom is -0.328 e. The summed E-state index contributed by atoms with van der Waals surface area (Å²) in [6.45, 7) is 6.69. The third-order valence-electron chi connectivity index (χ3n) is 3.69. The van der Waals surface area contributed by atoms with Crippen LogP contribution in [0.15, 0.2) is 24.3 Å². The van der Waals surface area contributed by atoms with Crippen LogP contribution in [-0.2, 0) is 17.8 Å². The van der Waals surface area contributed by atoms with Crippen LogP contribution in [0.25, 0.3) is 11.0 Å². The number of carbonyl (C=O) groups excluding carboxylic acids is 1. The highest BCUT2D eigenvalue weighted by Gasteiger charge is 2.26. The van der Waals surface area contributed by atoms with Gasteiger partial charge in [-0.2, -0.15) is 0 Å². The number of aromatic nitrogens is 2. The van der Waals surface area contributed by atoms with E-state index < -0.39 is 5.54 Å². The van der Waals surface area contributed by atoms with Crippen molar-refractivity contribution in [3.05, 3.63) is 30.1 Å². The van der Waals surface area contributed by atoms with E-state index >= 15 is 0 Å². The first-order valence-corrected chi connectivity index (χ1v) is 6.66. The molecular formula is C15H21N3O. The summed E-state index contributed by atoms with van der Waals surface area (Å²) < 4.78 is 2.11. The van der Waals surface area contributed by atoms with Crippen LogP contribution in [0.5, 0.6) is 0 Å². The minimum atomic E-state index is -0.517. The van der Waals surface area contributed by atoms with Crippen molar-refractivity contribution in [2.45, 2.75) is 39.3 Å². The van der Waals surface area contributed by atoms with Crippen molar-refractivity contribution in [2.75, 3.05) is 7.05 Å². The molecule has 0 unspecified atom stereocenters. The van der Waals surface area contributed by atoms with E-state index in [0.717, 1.165) is 23.4 Å². The van der Waals surface area contributed by atoms with E-state index in [1.54, 1.807) is 7.05 Å². The Kier molecular flexibility index (Phi) is 3.71. The second kappa shape index (κ2) is 5.13. The van der Waals surface area contributed by atoms with Gasteiger partial charge in [0.05, 0.1) is 23.0 Å². The van der Waals surface area contributed by atoms with Crippen molar-refractivity contribution in [1.82, 2.24) is 14.9 Å². The summed E-state index contributed by atoms with van der Waals surface area (Å²) in [5, 5.41) is 3.05. The van der Waals surface area contributed by atoms with Crippen LogP contribution >= 0.6 is 0 Å². The first-order chi connectivity index (χ1) is 8.99. The van der Waals surface area contributed by atoms with Crippen LogP contribution in [-0.4, -0.2) is 27.9 Å². The number of aryl methyl sites for hydroxylation is 1. The lowest BCUT2D eigenvalue weighted by atomic mass is 9.97. The zero-order chi connectivity index (χ0) is 14.0. The molecule has 0 spiro atoms. The fourth-order valence-electron chi connectivity index (χ4n) is 2.12. The summed E-state index contributed by atoms with van der Waals surface area (Å²) in [4.78, 5) is 16.9. The second-order valence-electron chi connectivity index (χ2n) is 5.24. The molecule has 2 rings (SSSR count). The lowest BCUT2D eigenvalue weighted by Gasteiger charge is -2.22. The number of imidazole rings is 1. The number of nitrogens with one attached hydrogen (secondary N) is 1. The van der Waals surface area contributed by atoms with E-state index in [2.05, 4.69) is 21.8 Å². The number of benzene rings is 1. The summed E-state index contributed by atoms with van der Waals surface area (Å²) in [5.74, 6) is 0.997. The Labute approximate surface area is 113 Å². The molecule has 1 aromatic heterocycles. The number of ketones is 1. The van der Waals surface area contributed by atoms with Gasteiger partial charge in [0.25, 0.3) is 0 Å². The molecule has 0 aliphatic heterocycles. The first-order valence-electron chi connectivity index (χ1n) is 6.66. The second-order valence-corrected chi connectivity index (χ2v) is 5.24. The summed E-state index contributed by atoms with van der Waals surface area (Å²) in [6, 6.07) is 8.00. The molecule has 0 amide bonds. The van der Waals surface area contributed by atoms with Gasteiger partial charge in [0, 0.05) is 6.54 Å². The van der Waals surface area contributed by atoms with Crippen molar-refractivity contribution in [2.24, 2.45) is 0 Å². The van der Waals surface area contributed by atoms with Crippen LogP contribution < -0.4 is 5.32 Å². The molecule has 0 saturated heterocycles. The Balaban J connectivity index is 2.38. The van der Waals surface area contributed by atoms with Crippen molar-refractivity contribution < 1.29 is 4.79 Å². The number of hydrogen-bond acceptors (Lipinski definition) is 3. The lowest BCUT2D eigenvalue weighted by molar-refractivity contribution is -0.123. The van der Waals surface area contributed by atoms with Gasteiger partial charge in [-0.1, -0.05) is 12.1 Å². The lowest BCUT2D eigenvalue weighted by Crippen LogP contribution is -2.45. The molecule has 0 aliphatic rings. The zero-order valence-electron chi connectivity index (χ0n) is 12.0. The number of para-hydroxylation sites is 2. The molecule has 19 heavy (non-hydrogen) atoms. The van der Waals surface area contributed by atoms with Gasteiger partial charge in [-0.05, 0) is 40.0 Å². The average Bonchev–Trinajstić information content (AvgIpc) is 2.75. The highest BCUT2D eigenvalue weighted by Crippen LogP contribution is 2.18. The number of likely N-dealkylation sites (N-methyl/N-ethyl adjacent to an activating group) is 1. The summed E-state index contributed by atoms with van der Waals surface area (Å²) in [5.41, 5.74) is 1.53. The SMILES string of the molecule is CCn1c(CC(=O)C(C)(C)NC)nc2ccccc21. The minimum absolute atomic E-state index is 0.153. The summed E-state index contributed by atoms with van der Waals surface area (Å²) >= 11 is 0. The number of hydrogen-bond donors (Lipinski definition) is 1. The molecule has 0 bridgehead atoms. The van der Waals surface area contributed by atoms with Gasteiger partial charge in [-0.3, -0.25) is 4.79 Å². The van der Waals surface area contributed by atoms with Gasteiger partial charge in [-0.25, -0.2) is 4.98 Å². The Bertz CT molecular complexity index is 598. The molecule has 0 atom stereocenters. The van der Waals surface area contributed by atoms with E-state index in [1.165, 1.54) is 0 Å². The third-order valence-corrected chi connectivity index (χ3v) is 3.69. The average molecular weight is 259 g/mol. The highest BCUT2D eigenvalue weighted by atomic mass is 16.1. The summed E-state index contributed by atoms with van der Waals surface area (Å²) in [7, 11) is 1.81. The molecule has 1 heterocycles. The first kappa shape index (κ1) is 13.7. The molecule has 1 N–H and O–H groups in total. The van der Waals surface area contributed by atoms with Gasteiger partial charge in [0.2, 0.25) is 0 Å². The number of rotatable bonds is 5. The maximum atomic E-state index is 12.3. The van der Waals surface area contributed by atoms with Crippen molar-refractivity contribution in [3.8, 4) is 0 Å². The standard InChI is InChI=1S/C15H21N3O/c1-5-18-12-9-7-6-8-11(12)17-14(18)10-13(19)15(2,3)16-4/h6-9,16H,5,10H2,1-4H3. The number of fused-ring (bicyclic) bond motifs is 1. The molecule has 1 aromatic carbocycles. The number of Topliss-reactive ketones (excluding diaryl/α,β-unsaturated/α-hetero) is 1. The van der Waals surface area contributed by atoms with E-state index in [-0.39, 0.29) is 5.78 Å². The van der Waals surface area contributed by atoms with Crippen LogP contribution in [0.2, 0.25) is 0 Å². The van der Waals surface area contributed by atoms with E-state index in [0.29, 0.717) is 6.42 Å². The van der Waals surface area contributed by atoms with Crippen LogP contribution in [0.1, 0.15) is 26.6 Å². The van der Waals surface area contributed by atoms with Gasteiger partial charge in [0.15, 0.2) is 5.78 Å². The highest BCUT2D eigenvalue weighted by molar-refractivity contribution is 5.89. The van der Waals surface area contributed by atoms with Gasteiger partial charge in [0.1, 0.15) is 5.82 Å². The monoisotopic (exact) mass is 259 g/mol. The zero-order valence-corrected chi connectivity index (χ0v) is 12.0. The Hall–Kier alpha value is -1.68. The van der Waals surface area contributed by atoms with E-state index in [9.17, 15) is 4.79 Å². The smallest absolute Gasteiger partial charge is 0.159 e. The normalized spacial score (nSPS) is 12.0. The maximum absolute atomic E-state index is 12.3. The van der Waals surface area contributed by atoms with Crippen molar-refractivity contribution in [3.63, 3.8) is 0 Å². The van der Waals surface area contributed by atoms with Crippen molar-refractivity contribution in [1.29, 1.82) is 0 Å². The molecule has 0 radical (unpaired) electrons. The third kappa shape index (κ3) is 2.54. The molecule has 4 nitrogen and oxygen atoms in total. The molecule has 0 aliphatic carbocycles. The van der Waals surface area contributed by atoms with Crippen LogP contribution in [0.3, 0.4) is 0 Å². The van der Waals surface area contributed by atoms with E-state index in [4.69, 9.17) is 0 Å². The quantitative estimate of drug-likeness (QED) is 0.895. The topological polar surface area (TPSA) is 46.9 Å². The fraction of sp³-hybridized carbons (Fsp3) is 0.467. The summed E-state index contributed by atoms with van der Waals surface area (Å²) in [6.07, 6.45) is 0.357. The number of nitrogens with zero attached hydrogens (tertiary/aromatic N) is 2. The molecular weight excluding hydrogens is 238 g/mol. The Morgan fingerprint density at radius 3 is 2.68 bits per heavy atom.